The number of carbonyl (C=O) groups is 1. The first-order chi connectivity index (χ1) is 10.5. The van der Waals surface area contributed by atoms with Crippen LogP contribution in [0.15, 0.2) is 39.1 Å². The molecule has 5 heteroatoms. The summed E-state index contributed by atoms with van der Waals surface area (Å²) in [5.41, 5.74) is 0.189. The molecule has 1 heterocycles. The molecule has 0 unspecified atom stereocenters. The quantitative estimate of drug-likeness (QED) is 0.618. The Morgan fingerprint density at radius 3 is 2.95 bits per heavy atom. The van der Waals surface area contributed by atoms with Crippen molar-refractivity contribution in [3.63, 3.8) is 0 Å². The Kier molecular flexibility index (Phi) is 5.55. The first-order valence-electron chi connectivity index (χ1n) is 7.53. The van der Waals surface area contributed by atoms with E-state index in [0.29, 0.717) is 38.2 Å². The number of aliphatic hydroxyl groups is 1. The number of allylic oxidation sites excluding steroid dienone is 2. The molecule has 0 amide bonds. The Morgan fingerprint density at radius 1 is 1.45 bits per heavy atom. The van der Waals surface area contributed by atoms with Crippen molar-refractivity contribution in [3.05, 3.63) is 35.5 Å². The van der Waals surface area contributed by atoms with Crippen molar-refractivity contribution < 1.29 is 19.1 Å². The number of furan rings is 1. The summed E-state index contributed by atoms with van der Waals surface area (Å²) in [6, 6.07) is 3.69. The minimum absolute atomic E-state index is 0.0356. The number of ketones is 1. The molecule has 1 aliphatic rings. The van der Waals surface area contributed by atoms with Gasteiger partial charge in [0.25, 0.3) is 0 Å². The van der Waals surface area contributed by atoms with E-state index in [1.807, 2.05) is 26.0 Å². The van der Waals surface area contributed by atoms with Crippen molar-refractivity contribution in [2.75, 3.05) is 13.2 Å². The molecule has 0 aliphatic heterocycles. The molecule has 0 atom stereocenters. The van der Waals surface area contributed by atoms with E-state index in [1.54, 1.807) is 6.26 Å². The van der Waals surface area contributed by atoms with Crippen LogP contribution in [-0.2, 0) is 16.1 Å². The van der Waals surface area contributed by atoms with Gasteiger partial charge in [0.1, 0.15) is 18.1 Å². The molecule has 1 aromatic rings. The number of carbonyl (C=O) groups excluding carboxylic acids is 1. The zero-order valence-corrected chi connectivity index (χ0v) is 13.2. The third-order valence-corrected chi connectivity index (χ3v) is 3.52. The topological polar surface area (TPSA) is 72.0 Å². The lowest BCUT2D eigenvalue weighted by Gasteiger charge is -2.28. The maximum Gasteiger partial charge on any atom is 0.168 e. The maximum absolute atomic E-state index is 12.0. The number of rotatable bonds is 7. The molecule has 1 aromatic heterocycles. The van der Waals surface area contributed by atoms with Gasteiger partial charge in [-0.15, -0.1) is 0 Å². The van der Waals surface area contributed by atoms with Crippen LogP contribution >= 0.6 is 0 Å². The van der Waals surface area contributed by atoms with Crippen LogP contribution in [-0.4, -0.2) is 30.3 Å². The van der Waals surface area contributed by atoms with E-state index in [0.717, 1.165) is 12.2 Å². The second-order valence-electron chi connectivity index (χ2n) is 6.32. The number of aliphatic hydroxyl groups excluding tert-OH is 1. The standard InChI is InChI=1S/C17H23NO4/c1-17(2)9-15(19)14(16(20)10-17)11-18-6-4-7-21-12-13-5-3-8-22-13/h3,5,8,11,19H,4,6-7,9-10,12H2,1-2H3. The molecule has 0 saturated carbocycles. The predicted octanol–water partition coefficient (Wildman–Crippen LogP) is 3.46. The Balaban J connectivity index is 1.70. The average Bonchev–Trinajstić information content (AvgIpc) is 2.92. The van der Waals surface area contributed by atoms with Gasteiger partial charge < -0.3 is 14.3 Å². The molecule has 0 aromatic carbocycles. The van der Waals surface area contributed by atoms with Gasteiger partial charge in [0.05, 0.1) is 11.8 Å². The predicted molar refractivity (Wildman–Crippen MR) is 84.0 cm³/mol. The minimum atomic E-state index is -0.168. The van der Waals surface area contributed by atoms with Gasteiger partial charge in [-0.05, 0) is 24.0 Å². The molecule has 1 aliphatic carbocycles. The van der Waals surface area contributed by atoms with Gasteiger partial charge in [-0.25, -0.2) is 0 Å². The molecule has 0 fully saturated rings. The van der Waals surface area contributed by atoms with Crippen molar-refractivity contribution in [3.8, 4) is 0 Å². The summed E-state index contributed by atoms with van der Waals surface area (Å²) in [5, 5.41) is 9.95. The molecular formula is C17H23NO4. The van der Waals surface area contributed by atoms with Crippen LogP contribution in [0.3, 0.4) is 0 Å². The third-order valence-electron chi connectivity index (χ3n) is 3.52. The highest BCUT2D eigenvalue weighted by Gasteiger charge is 2.32. The summed E-state index contributed by atoms with van der Waals surface area (Å²) in [4.78, 5) is 16.2. The summed E-state index contributed by atoms with van der Waals surface area (Å²) >= 11 is 0. The van der Waals surface area contributed by atoms with E-state index in [1.165, 1.54) is 6.21 Å². The molecule has 22 heavy (non-hydrogen) atoms. The van der Waals surface area contributed by atoms with Gasteiger partial charge in [0.2, 0.25) is 0 Å². The lowest BCUT2D eigenvalue weighted by Crippen LogP contribution is -2.26. The fraction of sp³-hybridized carbons (Fsp3) is 0.529. The van der Waals surface area contributed by atoms with E-state index >= 15 is 0 Å². The summed E-state index contributed by atoms with van der Waals surface area (Å²) in [6.07, 6.45) is 4.84. The van der Waals surface area contributed by atoms with Crippen LogP contribution < -0.4 is 0 Å². The minimum Gasteiger partial charge on any atom is -0.511 e. The van der Waals surface area contributed by atoms with Crippen LogP contribution in [0.1, 0.15) is 38.9 Å². The number of nitrogens with zero attached hydrogens (tertiary/aromatic N) is 1. The SMILES string of the molecule is CC1(C)CC(=O)C(C=NCCCOCc2ccco2)=C(O)C1. The van der Waals surface area contributed by atoms with Crippen LogP contribution in [0.2, 0.25) is 0 Å². The molecular weight excluding hydrogens is 282 g/mol. The van der Waals surface area contributed by atoms with Gasteiger partial charge in [-0.2, -0.15) is 0 Å². The number of ether oxygens (including phenoxy) is 1. The summed E-state index contributed by atoms with van der Waals surface area (Å²) in [6.45, 7) is 5.54. The van der Waals surface area contributed by atoms with Crippen molar-refractivity contribution >= 4 is 12.0 Å². The Bertz CT molecular complexity index is 555. The van der Waals surface area contributed by atoms with Crippen molar-refractivity contribution in [1.82, 2.24) is 0 Å². The van der Waals surface area contributed by atoms with Crippen molar-refractivity contribution in [2.24, 2.45) is 10.4 Å². The highest BCUT2D eigenvalue weighted by Crippen LogP contribution is 2.35. The maximum atomic E-state index is 12.0. The normalized spacial score (nSPS) is 18.4. The Labute approximate surface area is 130 Å². The number of hydrogen-bond donors (Lipinski definition) is 1. The zero-order valence-electron chi connectivity index (χ0n) is 13.2. The van der Waals surface area contributed by atoms with Gasteiger partial charge in [0, 0.05) is 32.2 Å². The molecule has 0 radical (unpaired) electrons. The summed E-state index contributed by atoms with van der Waals surface area (Å²) in [7, 11) is 0. The molecule has 120 valence electrons. The molecule has 0 spiro atoms. The third kappa shape index (κ3) is 4.84. The monoisotopic (exact) mass is 305 g/mol. The van der Waals surface area contributed by atoms with E-state index in [-0.39, 0.29) is 17.0 Å². The highest BCUT2D eigenvalue weighted by molar-refractivity contribution is 6.14. The zero-order chi connectivity index (χ0) is 16.0. The summed E-state index contributed by atoms with van der Waals surface area (Å²) in [5.74, 6) is 0.916. The first kappa shape index (κ1) is 16.5. The number of Topliss-reactive ketones (excluding diaryl/α,β-unsaturated/α-hetero) is 1. The Hall–Kier alpha value is -1.88. The molecule has 1 N–H and O–H groups in total. The highest BCUT2D eigenvalue weighted by atomic mass is 16.5. The van der Waals surface area contributed by atoms with Crippen molar-refractivity contribution in [2.45, 2.75) is 39.7 Å². The van der Waals surface area contributed by atoms with Gasteiger partial charge in [0.15, 0.2) is 5.78 Å². The first-order valence-corrected chi connectivity index (χ1v) is 7.53. The molecule has 0 saturated heterocycles. The van der Waals surface area contributed by atoms with E-state index < -0.39 is 0 Å². The second-order valence-corrected chi connectivity index (χ2v) is 6.32. The van der Waals surface area contributed by atoms with Crippen LogP contribution in [0.5, 0.6) is 0 Å². The second kappa shape index (κ2) is 7.40. The van der Waals surface area contributed by atoms with E-state index in [9.17, 15) is 9.90 Å². The Morgan fingerprint density at radius 2 is 2.27 bits per heavy atom. The van der Waals surface area contributed by atoms with Gasteiger partial charge in [-0.1, -0.05) is 13.8 Å². The van der Waals surface area contributed by atoms with Crippen LogP contribution in [0, 0.1) is 5.41 Å². The fourth-order valence-corrected chi connectivity index (χ4v) is 2.43. The van der Waals surface area contributed by atoms with Crippen LogP contribution in [0.25, 0.3) is 0 Å². The van der Waals surface area contributed by atoms with Crippen molar-refractivity contribution in [1.29, 1.82) is 0 Å². The van der Waals surface area contributed by atoms with Gasteiger partial charge >= 0.3 is 0 Å². The van der Waals surface area contributed by atoms with E-state index in [4.69, 9.17) is 9.15 Å². The number of aliphatic imine (C=N–C) groups is 1. The molecule has 2 rings (SSSR count). The largest absolute Gasteiger partial charge is 0.511 e. The van der Waals surface area contributed by atoms with Crippen LogP contribution in [0.4, 0.5) is 0 Å². The number of hydrogen-bond acceptors (Lipinski definition) is 5. The van der Waals surface area contributed by atoms with E-state index in [2.05, 4.69) is 4.99 Å². The fourth-order valence-electron chi connectivity index (χ4n) is 2.43. The molecule has 0 bridgehead atoms. The average molecular weight is 305 g/mol. The lowest BCUT2D eigenvalue weighted by atomic mass is 9.77. The smallest absolute Gasteiger partial charge is 0.168 e. The molecule has 5 nitrogen and oxygen atoms in total. The lowest BCUT2D eigenvalue weighted by molar-refractivity contribution is -0.117. The summed E-state index contributed by atoms with van der Waals surface area (Å²) < 4.78 is 10.6. The van der Waals surface area contributed by atoms with Gasteiger partial charge in [-0.3, -0.25) is 9.79 Å².